The second-order valence-electron chi connectivity index (χ2n) is 5.08. The highest BCUT2D eigenvalue weighted by molar-refractivity contribution is 4.92. The zero-order chi connectivity index (χ0) is 11.5. The molecule has 1 heterocycles. The van der Waals surface area contributed by atoms with Gasteiger partial charge in [-0.25, -0.2) is 0 Å². The highest BCUT2D eigenvalue weighted by atomic mass is 16.5. The van der Waals surface area contributed by atoms with Gasteiger partial charge in [0, 0.05) is 39.4 Å². The van der Waals surface area contributed by atoms with Gasteiger partial charge < -0.3 is 15.2 Å². The molecule has 4 atom stereocenters. The molecule has 0 aromatic carbocycles. The number of hydrogen-bond donors (Lipinski definition) is 1. The average Bonchev–Trinajstić information content (AvgIpc) is 2.72. The van der Waals surface area contributed by atoms with Gasteiger partial charge in [0.15, 0.2) is 0 Å². The summed E-state index contributed by atoms with van der Waals surface area (Å²) < 4.78 is 10.9. The fourth-order valence-corrected chi connectivity index (χ4v) is 3.06. The molecule has 0 aromatic rings. The van der Waals surface area contributed by atoms with Crippen LogP contribution in [0.1, 0.15) is 25.7 Å². The molecule has 1 aliphatic carbocycles. The molecule has 1 aliphatic heterocycles. The van der Waals surface area contributed by atoms with Crippen LogP contribution in [0.5, 0.6) is 0 Å². The number of hydrogen-bond acceptors (Lipinski definition) is 4. The minimum atomic E-state index is 0.225. The Labute approximate surface area is 98.1 Å². The van der Waals surface area contributed by atoms with Gasteiger partial charge in [0.2, 0.25) is 0 Å². The molecule has 1 saturated carbocycles. The van der Waals surface area contributed by atoms with Crippen molar-refractivity contribution in [2.45, 2.75) is 50.0 Å². The second-order valence-corrected chi connectivity index (χ2v) is 5.08. The van der Waals surface area contributed by atoms with E-state index in [0.29, 0.717) is 12.1 Å². The average molecular weight is 228 g/mol. The molecule has 2 rings (SSSR count). The molecule has 94 valence electrons. The summed E-state index contributed by atoms with van der Waals surface area (Å²) >= 11 is 0. The van der Waals surface area contributed by atoms with Gasteiger partial charge in [-0.2, -0.15) is 0 Å². The summed E-state index contributed by atoms with van der Waals surface area (Å²) in [6.45, 7) is 1.98. The van der Waals surface area contributed by atoms with Crippen LogP contribution in [0.25, 0.3) is 0 Å². The Morgan fingerprint density at radius 3 is 2.19 bits per heavy atom. The lowest BCUT2D eigenvalue weighted by Gasteiger charge is -2.33. The van der Waals surface area contributed by atoms with Gasteiger partial charge in [-0.3, -0.25) is 4.90 Å². The molecule has 0 radical (unpaired) electrons. The SMILES string of the molecule is COC1CN(C2CCCC(N)C2)CC1OC. The van der Waals surface area contributed by atoms with Crippen LogP contribution in [0.3, 0.4) is 0 Å². The van der Waals surface area contributed by atoms with E-state index in [4.69, 9.17) is 15.2 Å². The summed E-state index contributed by atoms with van der Waals surface area (Å²) in [6.07, 6.45) is 5.31. The van der Waals surface area contributed by atoms with Crippen LogP contribution >= 0.6 is 0 Å². The maximum absolute atomic E-state index is 6.04. The largest absolute Gasteiger partial charge is 0.377 e. The Bertz CT molecular complexity index is 213. The van der Waals surface area contributed by atoms with Crippen LogP contribution in [-0.2, 0) is 9.47 Å². The Hall–Kier alpha value is -0.160. The molecule has 1 saturated heterocycles. The topological polar surface area (TPSA) is 47.7 Å². The Morgan fingerprint density at radius 1 is 1.06 bits per heavy atom. The molecule has 0 amide bonds. The van der Waals surface area contributed by atoms with E-state index in [2.05, 4.69) is 4.90 Å². The summed E-state index contributed by atoms with van der Waals surface area (Å²) in [5, 5.41) is 0. The standard InChI is InChI=1S/C12H24N2O2/c1-15-11-7-14(8-12(11)16-2)10-5-3-4-9(13)6-10/h9-12H,3-8,13H2,1-2H3. The van der Waals surface area contributed by atoms with Crippen LogP contribution in [0.15, 0.2) is 0 Å². The monoisotopic (exact) mass is 228 g/mol. The summed E-state index contributed by atoms with van der Waals surface area (Å²) in [4.78, 5) is 2.50. The number of likely N-dealkylation sites (tertiary alicyclic amines) is 1. The fourth-order valence-electron chi connectivity index (χ4n) is 3.06. The van der Waals surface area contributed by atoms with Gasteiger partial charge in [0.05, 0.1) is 12.2 Å². The third-order valence-corrected chi connectivity index (χ3v) is 4.05. The number of rotatable bonds is 3. The van der Waals surface area contributed by atoms with Crippen molar-refractivity contribution >= 4 is 0 Å². The minimum absolute atomic E-state index is 0.225. The van der Waals surface area contributed by atoms with Crippen molar-refractivity contribution in [3.8, 4) is 0 Å². The van der Waals surface area contributed by atoms with Crippen LogP contribution in [-0.4, -0.2) is 56.5 Å². The lowest BCUT2D eigenvalue weighted by atomic mass is 9.91. The van der Waals surface area contributed by atoms with Gasteiger partial charge in [0.25, 0.3) is 0 Å². The maximum Gasteiger partial charge on any atom is 0.0971 e. The van der Waals surface area contributed by atoms with Crippen molar-refractivity contribution < 1.29 is 9.47 Å². The van der Waals surface area contributed by atoms with Crippen molar-refractivity contribution in [1.82, 2.24) is 4.90 Å². The third kappa shape index (κ3) is 2.56. The van der Waals surface area contributed by atoms with E-state index in [0.717, 1.165) is 19.5 Å². The van der Waals surface area contributed by atoms with Gasteiger partial charge in [-0.1, -0.05) is 6.42 Å². The molecular weight excluding hydrogens is 204 g/mol. The normalized spacial score (nSPS) is 41.4. The molecule has 0 bridgehead atoms. The summed E-state index contributed by atoms with van der Waals surface area (Å²) in [5.41, 5.74) is 6.04. The first kappa shape index (κ1) is 12.3. The summed E-state index contributed by atoms with van der Waals surface area (Å²) in [6, 6.07) is 1.03. The second kappa shape index (κ2) is 5.45. The Kier molecular flexibility index (Phi) is 4.19. The number of nitrogens with zero attached hydrogens (tertiary/aromatic N) is 1. The van der Waals surface area contributed by atoms with Crippen molar-refractivity contribution in [3.63, 3.8) is 0 Å². The van der Waals surface area contributed by atoms with Crippen molar-refractivity contribution in [3.05, 3.63) is 0 Å². The Morgan fingerprint density at radius 2 is 1.69 bits per heavy atom. The molecule has 16 heavy (non-hydrogen) atoms. The number of nitrogens with two attached hydrogens (primary N) is 1. The molecule has 4 heteroatoms. The van der Waals surface area contributed by atoms with Crippen molar-refractivity contribution in [2.75, 3.05) is 27.3 Å². The highest BCUT2D eigenvalue weighted by Crippen LogP contribution is 2.26. The summed E-state index contributed by atoms with van der Waals surface area (Å²) in [7, 11) is 3.54. The third-order valence-electron chi connectivity index (χ3n) is 4.05. The van der Waals surface area contributed by atoms with Crippen molar-refractivity contribution in [2.24, 2.45) is 5.73 Å². The first-order chi connectivity index (χ1) is 7.74. The zero-order valence-corrected chi connectivity index (χ0v) is 10.4. The van der Waals surface area contributed by atoms with Crippen LogP contribution in [0.4, 0.5) is 0 Å². The molecular formula is C12H24N2O2. The molecule has 4 nitrogen and oxygen atoms in total. The lowest BCUT2D eigenvalue weighted by molar-refractivity contribution is -0.00461. The van der Waals surface area contributed by atoms with E-state index in [-0.39, 0.29) is 12.2 Å². The van der Waals surface area contributed by atoms with E-state index >= 15 is 0 Å². The fraction of sp³-hybridized carbons (Fsp3) is 1.00. The zero-order valence-electron chi connectivity index (χ0n) is 10.4. The maximum atomic E-state index is 6.04. The number of methoxy groups -OCH3 is 2. The Balaban J connectivity index is 1.90. The first-order valence-corrected chi connectivity index (χ1v) is 6.29. The molecule has 0 spiro atoms. The molecule has 2 N–H and O–H groups in total. The minimum Gasteiger partial charge on any atom is -0.377 e. The van der Waals surface area contributed by atoms with E-state index < -0.39 is 0 Å². The van der Waals surface area contributed by atoms with Crippen LogP contribution in [0.2, 0.25) is 0 Å². The van der Waals surface area contributed by atoms with E-state index in [9.17, 15) is 0 Å². The lowest BCUT2D eigenvalue weighted by Crippen LogP contribution is -2.42. The van der Waals surface area contributed by atoms with Crippen LogP contribution < -0.4 is 5.73 Å². The van der Waals surface area contributed by atoms with Gasteiger partial charge >= 0.3 is 0 Å². The molecule has 2 aliphatic rings. The van der Waals surface area contributed by atoms with Gasteiger partial charge in [-0.15, -0.1) is 0 Å². The summed E-state index contributed by atoms with van der Waals surface area (Å²) in [5.74, 6) is 0. The molecule has 0 aromatic heterocycles. The predicted molar refractivity (Wildman–Crippen MR) is 63.4 cm³/mol. The van der Waals surface area contributed by atoms with Gasteiger partial charge in [0.1, 0.15) is 0 Å². The highest BCUT2D eigenvalue weighted by Gasteiger charge is 2.37. The van der Waals surface area contributed by atoms with E-state index in [1.165, 1.54) is 19.3 Å². The quantitative estimate of drug-likeness (QED) is 0.768. The van der Waals surface area contributed by atoms with E-state index in [1.807, 2.05) is 0 Å². The predicted octanol–water partition coefficient (Wildman–Crippen LogP) is 0.602. The first-order valence-electron chi connectivity index (χ1n) is 6.29. The van der Waals surface area contributed by atoms with Gasteiger partial charge in [-0.05, 0) is 19.3 Å². The molecule has 4 unspecified atom stereocenters. The van der Waals surface area contributed by atoms with Crippen LogP contribution in [0, 0.1) is 0 Å². The number of ether oxygens (including phenoxy) is 2. The molecule has 2 fully saturated rings. The smallest absolute Gasteiger partial charge is 0.0971 e. The van der Waals surface area contributed by atoms with E-state index in [1.54, 1.807) is 14.2 Å². The van der Waals surface area contributed by atoms with Crippen molar-refractivity contribution in [1.29, 1.82) is 0 Å².